The standard InChI is InChI=1S/C48H35N3.C2H6/c49-31-39-11-4-6-14-44(39)51(40-23-17-33(18-24-40)38-16-15-32-8-1-2-10-37(32)30-38)46-28-22-36-19-25-41-45(27-21-35-20-26-42(46)48(36)47(35)41)50-29-7-12-34-9-3-5-13-43(34)50;1-2/h1-6,8-11,13-17,19-23,25-28,30H,7,12,18,24,29H2;1-2H3. The van der Waals surface area contributed by atoms with E-state index in [4.69, 9.17) is 0 Å². The van der Waals surface area contributed by atoms with E-state index in [1.165, 1.54) is 76.9 Å². The van der Waals surface area contributed by atoms with E-state index in [-0.39, 0.29) is 0 Å². The summed E-state index contributed by atoms with van der Waals surface area (Å²) in [5.74, 6) is 0. The highest BCUT2D eigenvalue weighted by atomic mass is 15.2. The van der Waals surface area contributed by atoms with E-state index in [1.54, 1.807) is 0 Å². The molecule has 2 aliphatic rings. The molecule has 0 aromatic heterocycles. The van der Waals surface area contributed by atoms with Gasteiger partial charge in [-0.25, -0.2) is 0 Å². The molecule has 1 heterocycles. The maximum absolute atomic E-state index is 10.3. The van der Waals surface area contributed by atoms with Crippen LogP contribution in [-0.4, -0.2) is 6.54 Å². The Hall–Kier alpha value is -6.37. The minimum absolute atomic E-state index is 0.666. The molecule has 0 radical (unpaired) electrons. The van der Waals surface area contributed by atoms with Crippen molar-refractivity contribution < 1.29 is 0 Å². The van der Waals surface area contributed by atoms with E-state index in [2.05, 4.69) is 149 Å². The first-order valence-corrected chi connectivity index (χ1v) is 19.0. The third-order valence-electron chi connectivity index (χ3n) is 11.1. The van der Waals surface area contributed by atoms with Crippen LogP contribution in [0.1, 0.15) is 49.8 Å². The second-order valence-corrected chi connectivity index (χ2v) is 13.9. The van der Waals surface area contributed by atoms with Gasteiger partial charge < -0.3 is 9.80 Å². The summed E-state index contributed by atoms with van der Waals surface area (Å²) >= 11 is 0. The van der Waals surface area contributed by atoms with Crippen molar-refractivity contribution >= 4 is 71.4 Å². The summed E-state index contributed by atoms with van der Waals surface area (Å²) < 4.78 is 0. The minimum Gasteiger partial charge on any atom is -0.341 e. The number of hydrogen-bond acceptors (Lipinski definition) is 3. The number of hydrogen-bond donors (Lipinski definition) is 0. The number of aryl methyl sites for hydroxylation is 1. The zero-order valence-electron chi connectivity index (χ0n) is 30.3. The van der Waals surface area contributed by atoms with Gasteiger partial charge in [0.05, 0.1) is 16.9 Å². The maximum atomic E-state index is 10.3. The first-order chi connectivity index (χ1) is 26.2. The predicted octanol–water partition coefficient (Wildman–Crippen LogP) is 13.6. The number of benzene rings is 8. The molecule has 0 saturated carbocycles. The number of allylic oxidation sites excluding steroid dienone is 4. The highest BCUT2D eigenvalue weighted by Crippen LogP contribution is 2.47. The average molecular weight is 684 g/mol. The van der Waals surface area contributed by atoms with Gasteiger partial charge in [0.2, 0.25) is 0 Å². The first-order valence-electron chi connectivity index (χ1n) is 19.0. The Balaban J connectivity index is 0.00000183. The van der Waals surface area contributed by atoms with Crippen molar-refractivity contribution in [3.63, 3.8) is 0 Å². The summed E-state index contributed by atoms with van der Waals surface area (Å²) in [6, 6.07) is 53.0. The van der Waals surface area contributed by atoms with Crippen LogP contribution in [-0.2, 0) is 6.42 Å². The van der Waals surface area contributed by atoms with E-state index >= 15 is 0 Å². The van der Waals surface area contributed by atoms with E-state index in [9.17, 15) is 5.26 Å². The summed E-state index contributed by atoms with van der Waals surface area (Å²) in [6.07, 6.45) is 8.59. The zero-order chi connectivity index (χ0) is 35.9. The Labute approximate surface area is 311 Å². The van der Waals surface area contributed by atoms with Crippen LogP contribution in [0.2, 0.25) is 0 Å². The molecule has 0 bridgehead atoms. The third kappa shape index (κ3) is 5.50. The number of rotatable bonds is 5. The van der Waals surface area contributed by atoms with Crippen molar-refractivity contribution in [1.82, 2.24) is 0 Å². The van der Waals surface area contributed by atoms with Crippen LogP contribution < -0.4 is 9.80 Å². The highest BCUT2D eigenvalue weighted by molar-refractivity contribution is 6.27. The summed E-state index contributed by atoms with van der Waals surface area (Å²) in [5.41, 5.74) is 10.5. The number of nitriles is 1. The largest absolute Gasteiger partial charge is 0.341 e. The van der Waals surface area contributed by atoms with Crippen LogP contribution in [0.25, 0.3) is 48.7 Å². The molecule has 3 nitrogen and oxygen atoms in total. The molecular formula is C50H41N3. The Bertz CT molecular complexity index is 2760. The van der Waals surface area contributed by atoms with Gasteiger partial charge in [-0.1, -0.05) is 123 Å². The van der Waals surface area contributed by atoms with Gasteiger partial charge in [-0.3, -0.25) is 0 Å². The highest BCUT2D eigenvalue weighted by Gasteiger charge is 2.25. The van der Waals surface area contributed by atoms with E-state index in [1.807, 2.05) is 32.0 Å². The van der Waals surface area contributed by atoms with Crippen LogP contribution >= 0.6 is 0 Å². The molecule has 0 fully saturated rings. The first kappa shape index (κ1) is 32.5. The fraction of sp³-hybridized carbons (Fsp3) is 0.140. The fourth-order valence-electron chi connectivity index (χ4n) is 8.63. The Morgan fingerprint density at radius 1 is 0.566 bits per heavy atom. The van der Waals surface area contributed by atoms with Gasteiger partial charge in [-0.15, -0.1) is 0 Å². The number of para-hydroxylation sites is 2. The normalized spacial score (nSPS) is 14.0. The minimum atomic E-state index is 0.666. The third-order valence-corrected chi connectivity index (χ3v) is 11.1. The molecule has 0 saturated heterocycles. The van der Waals surface area contributed by atoms with Crippen LogP contribution in [0.3, 0.4) is 0 Å². The fourth-order valence-corrected chi connectivity index (χ4v) is 8.63. The molecule has 1 aliphatic heterocycles. The molecule has 8 aromatic rings. The van der Waals surface area contributed by atoms with Crippen molar-refractivity contribution in [2.24, 2.45) is 0 Å². The number of nitrogens with zero attached hydrogens (tertiary/aromatic N) is 3. The lowest BCUT2D eigenvalue weighted by atomic mass is 9.90. The summed E-state index contributed by atoms with van der Waals surface area (Å²) in [7, 11) is 0. The molecule has 53 heavy (non-hydrogen) atoms. The molecular weight excluding hydrogens is 643 g/mol. The van der Waals surface area contributed by atoms with E-state index in [0.717, 1.165) is 43.6 Å². The molecule has 0 atom stereocenters. The van der Waals surface area contributed by atoms with Crippen LogP contribution in [0.15, 0.2) is 157 Å². The Kier molecular flexibility index (Phi) is 8.37. The second-order valence-electron chi connectivity index (χ2n) is 13.9. The molecule has 0 spiro atoms. The molecule has 256 valence electrons. The topological polar surface area (TPSA) is 30.3 Å². The van der Waals surface area contributed by atoms with Crippen molar-refractivity contribution in [1.29, 1.82) is 5.26 Å². The monoisotopic (exact) mass is 683 g/mol. The predicted molar refractivity (Wildman–Crippen MR) is 226 cm³/mol. The molecule has 3 heteroatoms. The van der Waals surface area contributed by atoms with Crippen LogP contribution in [0.4, 0.5) is 22.7 Å². The second kappa shape index (κ2) is 13.6. The summed E-state index contributed by atoms with van der Waals surface area (Å²) in [4.78, 5) is 4.87. The van der Waals surface area contributed by atoms with Crippen molar-refractivity contribution in [3.05, 3.63) is 174 Å². The van der Waals surface area contributed by atoms with Crippen LogP contribution in [0, 0.1) is 11.3 Å². The van der Waals surface area contributed by atoms with Gasteiger partial charge in [-0.2, -0.15) is 5.26 Å². The van der Waals surface area contributed by atoms with Gasteiger partial charge in [0, 0.05) is 34.4 Å². The average Bonchev–Trinajstić information content (AvgIpc) is 3.24. The van der Waals surface area contributed by atoms with Gasteiger partial charge in [0.15, 0.2) is 0 Å². The lowest BCUT2D eigenvalue weighted by molar-refractivity contribution is 0.768. The van der Waals surface area contributed by atoms with E-state index < -0.39 is 0 Å². The van der Waals surface area contributed by atoms with Crippen molar-refractivity contribution in [3.8, 4) is 6.07 Å². The molecule has 0 amide bonds. The molecule has 8 aromatic carbocycles. The Morgan fingerprint density at radius 2 is 1.26 bits per heavy atom. The quantitative estimate of drug-likeness (QED) is 0.169. The Morgan fingerprint density at radius 3 is 2.09 bits per heavy atom. The SMILES string of the molecule is CC.N#Cc1ccccc1N(C1=CC=C(c2ccc3ccccc3c2)CC1)c1ccc2ccc3c(N4CCCc5ccccc54)ccc4ccc1c2c43. The van der Waals surface area contributed by atoms with Gasteiger partial charge in [0.1, 0.15) is 6.07 Å². The zero-order valence-corrected chi connectivity index (χ0v) is 30.3. The number of fused-ring (bicyclic) bond motifs is 2. The van der Waals surface area contributed by atoms with Gasteiger partial charge in [-0.05, 0) is 117 Å². The molecule has 10 rings (SSSR count). The van der Waals surface area contributed by atoms with E-state index in [0.29, 0.717) is 5.56 Å². The molecule has 1 aliphatic carbocycles. The molecule has 0 N–H and O–H groups in total. The summed E-state index contributed by atoms with van der Waals surface area (Å²) in [5, 5.41) is 20.4. The lowest BCUT2D eigenvalue weighted by Crippen LogP contribution is -2.24. The van der Waals surface area contributed by atoms with Crippen LogP contribution in [0.5, 0.6) is 0 Å². The van der Waals surface area contributed by atoms with Gasteiger partial charge in [0.25, 0.3) is 0 Å². The molecule has 0 unspecified atom stereocenters. The van der Waals surface area contributed by atoms with Gasteiger partial charge >= 0.3 is 0 Å². The lowest BCUT2D eigenvalue weighted by Gasteiger charge is -2.33. The maximum Gasteiger partial charge on any atom is 0.101 e. The smallest absolute Gasteiger partial charge is 0.101 e. The number of anilines is 4. The summed E-state index contributed by atoms with van der Waals surface area (Å²) in [6.45, 7) is 5.01. The van der Waals surface area contributed by atoms with Crippen molar-refractivity contribution in [2.45, 2.75) is 39.5 Å². The van der Waals surface area contributed by atoms with Crippen molar-refractivity contribution in [2.75, 3.05) is 16.3 Å².